The van der Waals surface area contributed by atoms with E-state index in [1.54, 1.807) is 24.6 Å². The van der Waals surface area contributed by atoms with Crippen LogP contribution < -0.4 is 11.2 Å². The molecule has 0 unspecified atom stereocenters. The molecule has 0 fully saturated rings. The van der Waals surface area contributed by atoms with Gasteiger partial charge in [0.25, 0.3) is 5.56 Å². The van der Waals surface area contributed by atoms with Crippen molar-refractivity contribution in [2.45, 2.75) is 13.5 Å². The molecule has 0 aromatic carbocycles. The van der Waals surface area contributed by atoms with Gasteiger partial charge in [0.05, 0.1) is 6.54 Å². The van der Waals surface area contributed by atoms with E-state index in [-0.39, 0.29) is 0 Å². The molecule has 2 rings (SSSR count). The molecular formula is C13H14N4O2S. The summed E-state index contributed by atoms with van der Waals surface area (Å²) in [6.07, 6.45) is 3.57. The van der Waals surface area contributed by atoms with E-state index in [0.29, 0.717) is 29.3 Å². The van der Waals surface area contributed by atoms with Gasteiger partial charge in [-0.25, -0.2) is 9.78 Å². The molecule has 1 N–H and O–H groups in total. The monoisotopic (exact) mass is 290 g/mol. The number of hydrogen-bond donors (Lipinski definition) is 2. The van der Waals surface area contributed by atoms with Crippen LogP contribution in [0.3, 0.4) is 0 Å². The first-order chi connectivity index (χ1) is 9.60. The lowest BCUT2D eigenvalue weighted by molar-refractivity contribution is 0.822. The van der Waals surface area contributed by atoms with Gasteiger partial charge in [-0.15, -0.1) is 5.92 Å². The predicted octanol–water partition coefficient (Wildman–Crippen LogP) is 0.390. The molecule has 6 nitrogen and oxygen atoms in total. The molecule has 0 saturated carbocycles. The Bertz CT molecular complexity index is 845. The lowest BCUT2D eigenvalue weighted by atomic mass is 10.4. The summed E-state index contributed by atoms with van der Waals surface area (Å²) in [5, 5.41) is 0. The Hall–Kier alpha value is -2.20. The highest BCUT2D eigenvalue weighted by Crippen LogP contribution is 2.11. The molecule has 0 aliphatic rings. The molecule has 20 heavy (non-hydrogen) atoms. The molecule has 0 saturated heterocycles. The predicted molar refractivity (Wildman–Crippen MR) is 81.9 cm³/mol. The van der Waals surface area contributed by atoms with E-state index in [0.717, 1.165) is 0 Å². The van der Waals surface area contributed by atoms with Gasteiger partial charge < -0.3 is 4.57 Å². The zero-order valence-corrected chi connectivity index (χ0v) is 12.1. The van der Waals surface area contributed by atoms with E-state index in [9.17, 15) is 9.59 Å². The minimum absolute atomic E-state index is 0.334. The van der Waals surface area contributed by atoms with Gasteiger partial charge in [0.1, 0.15) is 5.82 Å². The van der Waals surface area contributed by atoms with Crippen LogP contribution in [0.4, 0.5) is 0 Å². The Balaban J connectivity index is 2.84. The van der Waals surface area contributed by atoms with Crippen LogP contribution >= 0.6 is 12.6 Å². The number of H-pyrrole nitrogens is 1. The molecule has 104 valence electrons. The van der Waals surface area contributed by atoms with Gasteiger partial charge in [0.15, 0.2) is 11.2 Å². The van der Waals surface area contributed by atoms with Crippen LogP contribution in [0.25, 0.3) is 17.2 Å². The second kappa shape index (κ2) is 5.84. The van der Waals surface area contributed by atoms with Crippen molar-refractivity contribution in [2.24, 2.45) is 7.05 Å². The maximum Gasteiger partial charge on any atom is 0.329 e. The molecular weight excluding hydrogens is 276 g/mol. The van der Waals surface area contributed by atoms with E-state index in [2.05, 4.69) is 34.4 Å². The zero-order chi connectivity index (χ0) is 14.7. The molecule has 2 heterocycles. The fourth-order valence-corrected chi connectivity index (χ4v) is 1.96. The minimum atomic E-state index is -0.488. The second-order valence-corrected chi connectivity index (χ2v) is 4.42. The van der Waals surface area contributed by atoms with Crippen molar-refractivity contribution in [3.05, 3.63) is 32.7 Å². The van der Waals surface area contributed by atoms with E-state index < -0.39 is 11.2 Å². The van der Waals surface area contributed by atoms with Gasteiger partial charge in [-0.2, -0.15) is 12.6 Å². The van der Waals surface area contributed by atoms with Gasteiger partial charge in [-0.1, -0.05) is 12.0 Å². The summed E-state index contributed by atoms with van der Waals surface area (Å²) in [4.78, 5) is 30.2. The standard InChI is InChI=1S/C13H14N4O2S/c1-3-4-7-17-9(6-5-8-20)14-11-10(17)12(18)15-13(19)16(11)2/h5-6,20H,7-8H2,1-2H3,(H,15,18,19). The van der Waals surface area contributed by atoms with Gasteiger partial charge >= 0.3 is 5.69 Å². The van der Waals surface area contributed by atoms with Crippen LogP contribution in [0.2, 0.25) is 0 Å². The quantitative estimate of drug-likeness (QED) is 0.634. The summed E-state index contributed by atoms with van der Waals surface area (Å²) < 4.78 is 2.99. The van der Waals surface area contributed by atoms with Crippen molar-refractivity contribution < 1.29 is 0 Å². The van der Waals surface area contributed by atoms with Crippen LogP contribution in [0.15, 0.2) is 15.7 Å². The summed E-state index contributed by atoms with van der Waals surface area (Å²) in [6, 6.07) is 0. The Morgan fingerprint density at radius 3 is 2.85 bits per heavy atom. The maximum atomic E-state index is 12.0. The molecule has 7 heteroatoms. The number of fused-ring (bicyclic) bond motifs is 1. The van der Waals surface area contributed by atoms with Crippen molar-refractivity contribution >= 4 is 29.9 Å². The van der Waals surface area contributed by atoms with Crippen LogP contribution in [0, 0.1) is 11.8 Å². The first-order valence-electron chi connectivity index (χ1n) is 5.96. The summed E-state index contributed by atoms with van der Waals surface area (Å²) >= 11 is 4.10. The third kappa shape index (κ3) is 2.42. The Morgan fingerprint density at radius 1 is 1.45 bits per heavy atom. The van der Waals surface area contributed by atoms with Gasteiger partial charge in [-0.05, 0) is 13.0 Å². The van der Waals surface area contributed by atoms with Gasteiger partial charge in [0.2, 0.25) is 0 Å². The average molecular weight is 290 g/mol. The van der Waals surface area contributed by atoms with Crippen LogP contribution in [-0.2, 0) is 13.6 Å². The summed E-state index contributed by atoms with van der Waals surface area (Å²) in [5.41, 5.74) is -0.262. The lowest BCUT2D eigenvalue weighted by Gasteiger charge is -2.01. The Labute approximate surface area is 120 Å². The topological polar surface area (TPSA) is 72.7 Å². The first-order valence-corrected chi connectivity index (χ1v) is 6.60. The summed E-state index contributed by atoms with van der Waals surface area (Å²) in [6.45, 7) is 2.06. The molecule has 0 aliphatic heterocycles. The van der Waals surface area contributed by atoms with E-state index in [1.165, 1.54) is 4.57 Å². The largest absolute Gasteiger partial charge is 0.329 e. The van der Waals surface area contributed by atoms with Crippen molar-refractivity contribution in [2.75, 3.05) is 5.75 Å². The van der Waals surface area contributed by atoms with Crippen LogP contribution in [-0.4, -0.2) is 24.9 Å². The Morgan fingerprint density at radius 2 is 2.20 bits per heavy atom. The number of aromatic nitrogens is 4. The number of hydrogen-bond acceptors (Lipinski definition) is 4. The first kappa shape index (κ1) is 14.2. The Kier molecular flexibility index (Phi) is 4.15. The van der Waals surface area contributed by atoms with Gasteiger partial charge in [-0.3, -0.25) is 14.3 Å². The number of aromatic amines is 1. The number of aryl methyl sites for hydroxylation is 1. The fraction of sp³-hybridized carbons (Fsp3) is 0.308. The van der Waals surface area contributed by atoms with Crippen molar-refractivity contribution in [3.63, 3.8) is 0 Å². The van der Waals surface area contributed by atoms with Gasteiger partial charge in [0, 0.05) is 12.8 Å². The van der Waals surface area contributed by atoms with Crippen molar-refractivity contribution in [1.82, 2.24) is 19.1 Å². The zero-order valence-electron chi connectivity index (χ0n) is 11.2. The molecule has 0 amide bonds. The number of nitrogens with one attached hydrogen (secondary N) is 1. The fourth-order valence-electron chi connectivity index (χ4n) is 1.85. The number of rotatable bonds is 3. The number of nitrogens with zero attached hydrogens (tertiary/aromatic N) is 3. The molecule has 0 radical (unpaired) electrons. The number of imidazole rings is 1. The van der Waals surface area contributed by atoms with Crippen LogP contribution in [0.5, 0.6) is 0 Å². The third-order valence-electron chi connectivity index (χ3n) is 2.82. The van der Waals surface area contributed by atoms with Crippen molar-refractivity contribution in [1.29, 1.82) is 0 Å². The van der Waals surface area contributed by atoms with Crippen LogP contribution in [0.1, 0.15) is 12.7 Å². The van der Waals surface area contributed by atoms with E-state index >= 15 is 0 Å². The number of thiol groups is 1. The lowest BCUT2D eigenvalue weighted by Crippen LogP contribution is -2.29. The highest BCUT2D eigenvalue weighted by Gasteiger charge is 2.14. The minimum Gasteiger partial charge on any atom is -0.307 e. The summed E-state index contributed by atoms with van der Waals surface area (Å²) in [5.74, 6) is 6.81. The summed E-state index contributed by atoms with van der Waals surface area (Å²) in [7, 11) is 1.57. The van der Waals surface area contributed by atoms with Crippen molar-refractivity contribution in [3.8, 4) is 11.8 Å². The highest BCUT2D eigenvalue weighted by molar-refractivity contribution is 7.80. The normalized spacial score (nSPS) is 10.9. The molecule has 0 atom stereocenters. The smallest absolute Gasteiger partial charge is 0.307 e. The molecule has 0 bridgehead atoms. The second-order valence-electron chi connectivity index (χ2n) is 4.06. The highest BCUT2D eigenvalue weighted by atomic mass is 32.1. The maximum absolute atomic E-state index is 12.0. The van der Waals surface area contributed by atoms with E-state index in [4.69, 9.17) is 0 Å². The van der Waals surface area contributed by atoms with E-state index in [1.807, 2.05) is 6.08 Å². The third-order valence-corrected chi connectivity index (χ3v) is 3.03. The average Bonchev–Trinajstić information content (AvgIpc) is 2.79. The molecule has 0 spiro atoms. The molecule has 2 aromatic rings. The molecule has 0 aliphatic carbocycles. The molecule has 2 aromatic heterocycles. The SMILES string of the molecule is CC#CCn1c(C=CCS)nc2c1c(=O)[nH]c(=O)n2C.